The van der Waals surface area contributed by atoms with Gasteiger partial charge in [-0.1, -0.05) is 116 Å². The van der Waals surface area contributed by atoms with Crippen LogP contribution in [0.2, 0.25) is 20.2 Å². The molecule has 0 aliphatic carbocycles. The Hall–Kier alpha value is -2.41. The lowest BCUT2D eigenvalue weighted by atomic mass is 9.93. The van der Waals surface area contributed by atoms with E-state index in [4.69, 9.17) is 44.2 Å². The molecule has 1 aliphatic heterocycles. The third-order valence-electron chi connectivity index (χ3n) is 7.47. The molecular formula is C31H32Cl3N3OSi. The van der Waals surface area contributed by atoms with E-state index in [1.54, 1.807) is 6.07 Å². The molecular weight excluding hydrogens is 565 g/mol. The van der Waals surface area contributed by atoms with Gasteiger partial charge in [-0.05, 0) is 47.0 Å². The van der Waals surface area contributed by atoms with Crippen LogP contribution in [0.1, 0.15) is 44.5 Å². The van der Waals surface area contributed by atoms with Crippen molar-refractivity contribution in [1.82, 2.24) is 9.97 Å². The van der Waals surface area contributed by atoms with E-state index in [1.165, 1.54) is 10.4 Å². The zero-order chi connectivity index (χ0) is 27.8. The highest BCUT2D eigenvalue weighted by Crippen LogP contribution is 2.45. The van der Waals surface area contributed by atoms with Crippen LogP contribution < -0.4 is 15.3 Å². The van der Waals surface area contributed by atoms with Gasteiger partial charge < -0.3 is 9.33 Å². The molecule has 4 aromatic rings. The summed E-state index contributed by atoms with van der Waals surface area (Å²) in [7, 11) is -2.71. The number of benzene rings is 3. The standard InChI is InChI=1S/C31H32Cl3N3OSi/c1-21-35-29(34)28-22(17-18-37(30(28)36-21)27-16-15-23(32)19-26(27)33)20-38-39(31(2,3)4,24-11-7-5-8-12-24)25-13-9-6-10-14-25/h5-16,19,22H,17-18,20H2,1-4H3. The summed E-state index contributed by atoms with van der Waals surface area (Å²) in [6.45, 7) is 9.95. The molecule has 0 N–H and O–H groups in total. The maximum Gasteiger partial charge on any atom is 0.261 e. The van der Waals surface area contributed by atoms with E-state index >= 15 is 0 Å². The van der Waals surface area contributed by atoms with Crippen LogP contribution in [0.15, 0.2) is 78.9 Å². The van der Waals surface area contributed by atoms with Crippen molar-refractivity contribution in [1.29, 1.82) is 0 Å². The summed E-state index contributed by atoms with van der Waals surface area (Å²) in [5.74, 6) is 1.42. The largest absolute Gasteiger partial charge is 0.407 e. The Morgan fingerprint density at radius 2 is 1.51 bits per heavy atom. The fourth-order valence-corrected chi connectivity index (χ4v) is 11.2. The molecule has 2 heterocycles. The van der Waals surface area contributed by atoms with Crippen molar-refractivity contribution in [2.24, 2.45) is 0 Å². The van der Waals surface area contributed by atoms with Crippen molar-refractivity contribution in [3.8, 4) is 0 Å². The average molecular weight is 597 g/mol. The van der Waals surface area contributed by atoms with E-state index < -0.39 is 8.32 Å². The molecule has 5 rings (SSSR count). The molecule has 39 heavy (non-hydrogen) atoms. The van der Waals surface area contributed by atoms with Gasteiger partial charge in [0.2, 0.25) is 0 Å². The van der Waals surface area contributed by atoms with E-state index in [2.05, 4.69) is 91.3 Å². The molecule has 0 radical (unpaired) electrons. The van der Waals surface area contributed by atoms with Crippen LogP contribution in [-0.2, 0) is 4.43 Å². The Bertz CT molecular complexity index is 1420. The first-order valence-corrected chi connectivity index (χ1v) is 16.2. The number of aromatic nitrogens is 2. The smallest absolute Gasteiger partial charge is 0.261 e. The van der Waals surface area contributed by atoms with Crippen molar-refractivity contribution in [2.75, 3.05) is 18.1 Å². The molecule has 0 saturated carbocycles. The maximum absolute atomic E-state index is 7.29. The predicted molar refractivity (Wildman–Crippen MR) is 166 cm³/mol. The Morgan fingerprint density at radius 1 is 0.897 bits per heavy atom. The maximum atomic E-state index is 7.29. The quantitative estimate of drug-likeness (QED) is 0.167. The highest BCUT2D eigenvalue weighted by atomic mass is 35.5. The molecule has 1 unspecified atom stereocenters. The van der Waals surface area contributed by atoms with Gasteiger partial charge in [0.25, 0.3) is 8.32 Å². The number of nitrogens with zero attached hydrogens (tertiary/aromatic N) is 3. The number of halogens is 3. The molecule has 1 aromatic heterocycles. The lowest BCUT2D eigenvalue weighted by Gasteiger charge is -2.44. The summed E-state index contributed by atoms with van der Waals surface area (Å²) < 4.78 is 7.29. The molecule has 4 nitrogen and oxygen atoms in total. The SMILES string of the molecule is Cc1nc(Cl)c2c(n1)N(c1ccc(Cl)cc1Cl)CCC2CO[Si](c1ccccc1)(c1ccccc1)C(C)(C)C. The van der Waals surface area contributed by atoms with Gasteiger partial charge in [0, 0.05) is 29.7 Å². The minimum atomic E-state index is -2.71. The van der Waals surface area contributed by atoms with Gasteiger partial charge >= 0.3 is 0 Å². The molecule has 1 aliphatic rings. The first-order valence-electron chi connectivity index (χ1n) is 13.1. The molecule has 202 valence electrons. The van der Waals surface area contributed by atoms with Gasteiger partial charge in [0.05, 0.1) is 10.7 Å². The van der Waals surface area contributed by atoms with E-state index in [-0.39, 0.29) is 11.0 Å². The Labute approximate surface area is 247 Å². The number of rotatable bonds is 6. The Balaban J connectivity index is 1.58. The predicted octanol–water partition coefficient (Wildman–Crippen LogP) is 7.95. The zero-order valence-corrected chi connectivity index (χ0v) is 25.9. The van der Waals surface area contributed by atoms with Gasteiger partial charge in [-0.2, -0.15) is 0 Å². The third-order valence-corrected chi connectivity index (χ3v) is 13.3. The lowest BCUT2D eigenvalue weighted by molar-refractivity contribution is 0.263. The fourth-order valence-electron chi connectivity index (χ4n) is 5.71. The average Bonchev–Trinajstić information content (AvgIpc) is 2.89. The van der Waals surface area contributed by atoms with Crippen molar-refractivity contribution in [2.45, 2.75) is 45.1 Å². The summed E-state index contributed by atoms with van der Waals surface area (Å²) in [6.07, 6.45) is 0.816. The van der Waals surface area contributed by atoms with Crippen molar-refractivity contribution in [3.05, 3.63) is 105 Å². The van der Waals surface area contributed by atoms with Gasteiger partial charge in [-0.3, -0.25) is 0 Å². The van der Waals surface area contributed by atoms with Crippen molar-refractivity contribution < 1.29 is 4.43 Å². The fraction of sp³-hybridized carbons (Fsp3) is 0.290. The van der Waals surface area contributed by atoms with Crippen LogP contribution in [-0.4, -0.2) is 31.4 Å². The summed E-state index contributed by atoms with van der Waals surface area (Å²) >= 11 is 19.7. The lowest BCUT2D eigenvalue weighted by Crippen LogP contribution is -2.66. The van der Waals surface area contributed by atoms with Crippen molar-refractivity contribution >= 4 is 65.0 Å². The highest BCUT2D eigenvalue weighted by Gasteiger charge is 2.50. The highest BCUT2D eigenvalue weighted by molar-refractivity contribution is 6.99. The van der Waals surface area contributed by atoms with Crippen LogP contribution >= 0.6 is 34.8 Å². The van der Waals surface area contributed by atoms with Crippen LogP contribution in [0.4, 0.5) is 11.5 Å². The van der Waals surface area contributed by atoms with Gasteiger partial charge in [0.15, 0.2) is 0 Å². The van der Waals surface area contributed by atoms with E-state index in [9.17, 15) is 0 Å². The topological polar surface area (TPSA) is 38.2 Å². The minimum absolute atomic E-state index is 0.0251. The number of hydrogen-bond acceptors (Lipinski definition) is 4. The van der Waals surface area contributed by atoms with Gasteiger partial charge in [0.1, 0.15) is 16.8 Å². The number of hydrogen-bond donors (Lipinski definition) is 0. The first-order chi connectivity index (χ1) is 18.6. The van der Waals surface area contributed by atoms with Gasteiger partial charge in [-0.15, -0.1) is 0 Å². The number of fused-ring (bicyclic) bond motifs is 1. The molecule has 0 amide bonds. The van der Waals surface area contributed by atoms with Gasteiger partial charge in [-0.25, -0.2) is 9.97 Å². The summed E-state index contributed by atoms with van der Waals surface area (Å²) in [5, 5.41) is 4.01. The summed E-state index contributed by atoms with van der Waals surface area (Å²) in [5.41, 5.74) is 1.75. The van der Waals surface area contributed by atoms with Crippen LogP contribution in [0.25, 0.3) is 0 Å². The van der Waals surface area contributed by atoms with Crippen LogP contribution in [0.3, 0.4) is 0 Å². The van der Waals surface area contributed by atoms with Crippen LogP contribution in [0, 0.1) is 6.92 Å². The normalized spacial score (nSPS) is 15.8. The Kier molecular flexibility index (Phi) is 8.09. The Morgan fingerprint density at radius 3 is 2.08 bits per heavy atom. The molecule has 1 atom stereocenters. The second kappa shape index (κ2) is 11.2. The monoisotopic (exact) mass is 595 g/mol. The third kappa shape index (κ3) is 5.35. The summed E-state index contributed by atoms with van der Waals surface area (Å²) in [4.78, 5) is 11.5. The number of anilines is 2. The molecule has 8 heteroatoms. The minimum Gasteiger partial charge on any atom is -0.407 e. The molecule has 0 fully saturated rings. The summed E-state index contributed by atoms with van der Waals surface area (Å²) in [6, 6.07) is 26.9. The first kappa shape index (κ1) is 28.1. The molecule has 3 aromatic carbocycles. The van der Waals surface area contributed by atoms with Crippen LogP contribution in [0.5, 0.6) is 0 Å². The van der Waals surface area contributed by atoms with Crippen molar-refractivity contribution in [3.63, 3.8) is 0 Å². The van der Waals surface area contributed by atoms with E-state index in [1.807, 2.05) is 19.1 Å². The van der Waals surface area contributed by atoms with E-state index in [0.29, 0.717) is 27.6 Å². The zero-order valence-electron chi connectivity index (χ0n) is 22.6. The second-order valence-electron chi connectivity index (χ2n) is 11.0. The molecule has 0 saturated heterocycles. The second-order valence-corrected chi connectivity index (χ2v) is 16.5. The molecule has 0 spiro atoms. The van der Waals surface area contributed by atoms with E-state index in [0.717, 1.165) is 30.0 Å². The number of aryl methyl sites for hydroxylation is 1. The molecule has 0 bridgehead atoms.